The molecule has 170 valence electrons. The number of benzene rings is 2. The lowest BCUT2D eigenvalue weighted by atomic mass is 9.96. The smallest absolute Gasteiger partial charge is 0.407 e. The summed E-state index contributed by atoms with van der Waals surface area (Å²) in [4.78, 5) is 18.8. The Bertz CT molecular complexity index is 1000. The van der Waals surface area contributed by atoms with Gasteiger partial charge in [0.15, 0.2) is 0 Å². The molecule has 0 spiro atoms. The molecular weight excluding hydrogens is 422 g/mol. The molecule has 3 aromatic rings. The van der Waals surface area contributed by atoms with Crippen LogP contribution >= 0.6 is 11.3 Å². The lowest BCUT2D eigenvalue weighted by Crippen LogP contribution is -2.40. The summed E-state index contributed by atoms with van der Waals surface area (Å²) in [6.07, 6.45) is 1.83. The molecule has 6 nitrogen and oxygen atoms in total. The molecule has 32 heavy (non-hydrogen) atoms. The molecule has 1 aliphatic heterocycles. The van der Waals surface area contributed by atoms with Gasteiger partial charge in [-0.25, -0.2) is 9.78 Å². The molecular formula is C25H31N3O3S. The monoisotopic (exact) mass is 453 g/mol. The van der Waals surface area contributed by atoms with Crippen LogP contribution in [0.4, 0.5) is 4.79 Å². The van der Waals surface area contributed by atoms with Crippen molar-refractivity contribution in [3.63, 3.8) is 0 Å². The second-order valence-electron chi connectivity index (χ2n) is 9.30. The van der Waals surface area contributed by atoms with Gasteiger partial charge in [-0.05, 0) is 82.4 Å². The number of ether oxygens (including phenoxy) is 2. The Labute approximate surface area is 193 Å². The van der Waals surface area contributed by atoms with Gasteiger partial charge in [0.2, 0.25) is 0 Å². The molecule has 0 saturated carbocycles. The van der Waals surface area contributed by atoms with Crippen LogP contribution < -0.4 is 10.1 Å². The molecule has 0 radical (unpaired) electrons. The second kappa shape index (κ2) is 9.88. The Morgan fingerprint density at radius 1 is 1.12 bits per heavy atom. The maximum atomic E-state index is 11.8. The molecule has 0 aliphatic carbocycles. The first-order chi connectivity index (χ1) is 15.3. The van der Waals surface area contributed by atoms with Crippen LogP contribution in [0, 0.1) is 5.92 Å². The van der Waals surface area contributed by atoms with Crippen molar-refractivity contribution in [1.29, 1.82) is 0 Å². The Balaban J connectivity index is 1.21. The summed E-state index contributed by atoms with van der Waals surface area (Å²) >= 11 is 1.56. The van der Waals surface area contributed by atoms with Gasteiger partial charge in [-0.1, -0.05) is 35.6 Å². The Kier molecular flexibility index (Phi) is 6.96. The zero-order valence-corrected chi connectivity index (χ0v) is 19.8. The number of carbonyl (C=O) groups excluding carboxylic acids is 1. The third-order valence-electron chi connectivity index (χ3n) is 5.45. The number of nitrogens with zero attached hydrogens (tertiary/aromatic N) is 2. The number of fused-ring (bicyclic) bond motifs is 1. The number of likely N-dealkylation sites (tertiary alicyclic amines) is 1. The van der Waals surface area contributed by atoms with Crippen LogP contribution in [0.15, 0.2) is 48.5 Å². The first kappa shape index (κ1) is 22.6. The van der Waals surface area contributed by atoms with E-state index in [2.05, 4.69) is 33.4 Å². The fourth-order valence-corrected chi connectivity index (χ4v) is 4.64. The first-order valence-electron chi connectivity index (χ1n) is 11.2. The van der Waals surface area contributed by atoms with Crippen LogP contribution in [-0.4, -0.2) is 41.2 Å². The largest absolute Gasteiger partial charge is 0.444 e. The van der Waals surface area contributed by atoms with E-state index in [0.29, 0.717) is 17.7 Å². The minimum atomic E-state index is -0.456. The topological polar surface area (TPSA) is 63.7 Å². The molecule has 4 rings (SSSR count). The molecule has 2 aromatic carbocycles. The summed E-state index contributed by atoms with van der Waals surface area (Å²) < 4.78 is 12.4. The molecule has 1 N–H and O–H groups in total. The van der Waals surface area contributed by atoms with Crippen molar-refractivity contribution in [2.45, 2.75) is 45.8 Å². The van der Waals surface area contributed by atoms with Gasteiger partial charge in [-0.15, -0.1) is 0 Å². The van der Waals surface area contributed by atoms with Crippen molar-refractivity contribution in [3.05, 3.63) is 54.1 Å². The molecule has 1 aliphatic rings. The van der Waals surface area contributed by atoms with Crippen molar-refractivity contribution in [1.82, 2.24) is 15.2 Å². The molecule has 1 saturated heterocycles. The zero-order valence-electron chi connectivity index (χ0n) is 19.0. The van der Waals surface area contributed by atoms with E-state index in [9.17, 15) is 4.79 Å². The first-order valence-corrected chi connectivity index (χ1v) is 12.0. The standard InChI is InChI=1S/C25H31N3O3S/c1-25(2,3)31-23(29)26-16-18-12-14-28(15-13-18)17-19-8-10-20(11-9-19)30-24-27-21-6-4-5-7-22(21)32-24/h4-11,18H,12-17H2,1-3H3,(H,26,29). The molecule has 1 aromatic heterocycles. The summed E-state index contributed by atoms with van der Waals surface area (Å²) in [6.45, 7) is 9.31. The molecule has 1 fully saturated rings. The molecule has 2 heterocycles. The quantitative estimate of drug-likeness (QED) is 0.509. The van der Waals surface area contributed by atoms with Gasteiger partial charge in [0.25, 0.3) is 5.19 Å². The number of amides is 1. The van der Waals surface area contributed by atoms with Gasteiger partial charge in [0, 0.05) is 13.1 Å². The van der Waals surface area contributed by atoms with Gasteiger partial charge in [0.05, 0.1) is 10.2 Å². The van der Waals surface area contributed by atoms with E-state index >= 15 is 0 Å². The second-order valence-corrected chi connectivity index (χ2v) is 10.3. The number of carbonyl (C=O) groups is 1. The molecule has 0 unspecified atom stereocenters. The van der Waals surface area contributed by atoms with E-state index in [1.165, 1.54) is 5.56 Å². The SMILES string of the molecule is CC(C)(C)OC(=O)NCC1CCN(Cc2ccc(Oc3nc4ccccc4s3)cc2)CC1. The average Bonchev–Trinajstić information content (AvgIpc) is 3.16. The number of rotatable bonds is 6. The van der Waals surface area contributed by atoms with E-state index in [1.54, 1.807) is 11.3 Å². The highest BCUT2D eigenvalue weighted by Gasteiger charge is 2.21. The normalized spacial score (nSPS) is 15.6. The summed E-state index contributed by atoms with van der Waals surface area (Å²) in [7, 11) is 0. The lowest BCUT2D eigenvalue weighted by Gasteiger charge is -2.32. The number of para-hydroxylation sites is 1. The van der Waals surface area contributed by atoms with Crippen molar-refractivity contribution in [2.75, 3.05) is 19.6 Å². The van der Waals surface area contributed by atoms with Gasteiger partial charge in [-0.2, -0.15) is 0 Å². The van der Waals surface area contributed by atoms with Crippen LogP contribution in [0.25, 0.3) is 10.2 Å². The van der Waals surface area contributed by atoms with Crippen molar-refractivity contribution < 1.29 is 14.3 Å². The number of aromatic nitrogens is 1. The van der Waals surface area contributed by atoms with Gasteiger partial charge in [-0.3, -0.25) is 4.90 Å². The van der Waals surface area contributed by atoms with Crippen molar-refractivity contribution in [3.8, 4) is 10.9 Å². The Hall–Kier alpha value is -2.64. The van der Waals surface area contributed by atoms with E-state index < -0.39 is 5.60 Å². The number of thiazole rings is 1. The van der Waals surface area contributed by atoms with E-state index in [4.69, 9.17) is 9.47 Å². The minimum Gasteiger partial charge on any atom is -0.444 e. The summed E-state index contributed by atoms with van der Waals surface area (Å²) in [5, 5.41) is 3.58. The van der Waals surface area contributed by atoms with Crippen LogP contribution in [0.3, 0.4) is 0 Å². The highest BCUT2D eigenvalue weighted by molar-refractivity contribution is 7.20. The van der Waals surface area contributed by atoms with E-state index in [1.807, 2.05) is 51.1 Å². The summed E-state index contributed by atoms with van der Waals surface area (Å²) in [5.74, 6) is 1.31. The van der Waals surface area contributed by atoms with Crippen LogP contribution in [0.5, 0.6) is 10.9 Å². The predicted molar refractivity (Wildman–Crippen MR) is 128 cm³/mol. The van der Waals surface area contributed by atoms with Crippen molar-refractivity contribution in [2.24, 2.45) is 5.92 Å². The number of hydrogen-bond donors (Lipinski definition) is 1. The summed E-state index contributed by atoms with van der Waals surface area (Å²) in [5.41, 5.74) is 1.78. The highest BCUT2D eigenvalue weighted by Crippen LogP contribution is 2.31. The van der Waals surface area contributed by atoms with E-state index in [-0.39, 0.29) is 6.09 Å². The third-order valence-corrected chi connectivity index (χ3v) is 6.36. The highest BCUT2D eigenvalue weighted by atomic mass is 32.1. The fraction of sp³-hybridized carbons (Fsp3) is 0.440. The zero-order chi connectivity index (χ0) is 22.6. The van der Waals surface area contributed by atoms with Crippen molar-refractivity contribution >= 4 is 27.6 Å². The number of hydrogen-bond acceptors (Lipinski definition) is 6. The predicted octanol–water partition coefficient (Wildman–Crippen LogP) is 5.83. The van der Waals surface area contributed by atoms with Crippen LogP contribution in [0.1, 0.15) is 39.2 Å². The van der Waals surface area contributed by atoms with Gasteiger partial charge < -0.3 is 14.8 Å². The maximum absolute atomic E-state index is 11.8. The third kappa shape index (κ3) is 6.43. The van der Waals surface area contributed by atoms with Gasteiger partial charge in [0.1, 0.15) is 11.4 Å². The Morgan fingerprint density at radius 2 is 1.84 bits per heavy atom. The van der Waals surface area contributed by atoms with Crippen LogP contribution in [0.2, 0.25) is 0 Å². The number of piperidine rings is 1. The molecule has 7 heteroatoms. The van der Waals surface area contributed by atoms with Crippen LogP contribution in [-0.2, 0) is 11.3 Å². The summed E-state index contributed by atoms with van der Waals surface area (Å²) in [6, 6.07) is 16.3. The molecule has 0 atom stereocenters. The molecule has 0 bridgehead atoms. The van der Waals surface area contributed by atoms with E-state index in [0.717, 1.165) is 48.4 Å². The fourth-order valence-electron chi connectivity index (χ4n) is 3.81. The van der Waals surface area contributed by atoms with Gasteiger partial charge >= 0.3 is 6.09 Å². The maximum Gasteiger partial charge on any atom is 0.407 e. The minimum absolute atomic E-state index is 0.326. The average molecular weight is 454 g/mol. The number of nitrogens with one attached hydrogen (secondary N) is 1. The molecule has 1 amide bonds. The Morgan fingerprint density at radius 3 is 2.53 bits per heavy atom. The number of alkyl carbamates (subject to hydrolysis) is 1. The lowest BCUT2D eigenvalue weighted by molar-refractivity contribution is 0.0509.